The minimum Gasteiger partial charge on any atom is -0.503 e. The molecule has 136 valence electrons. The van der Waals surface area contributed by atoms with Gasteiger partial charge in [0.25, 0.3) is 5.56 Å². The van der Waals surface area contributed by atoms with Gasteiger partial charge in [0.1, 0.15) is 0 Å². The molecule has 3 aromatic rings. The second kappa shape index (κ2) is 6.67. The number of aromatic nitrogens is 4. The van der Waals surface area contributed by atoms with Crippen LogP contribution in [0.4, 0.5) is 5.95 Å². The topological polar surface area (TPSA) is 127 Å². The molecule has 11 heteroatoms. The molecule has 0 saturated heterocycles. The number of aromatic amines is 1. The quantitative estimate of drug-likeness (QED) is 0.423. The van der Waals surface area contributed by atoms with Gasteiger partial charge in [-0.2, -0.15) is 10.1 Å². The van der Waals surface area contributed by atoms with Crippen molar-refractivity contribution < 1.29 is 9.84 Å². The average molecular weight is 423 g/mol. The fraction of sp³-hybridized carbons (Fsp3) is 0.200. The second-order valence-electron chi connectivity index (χ2n) is 5.41. The van der Waals surface area contributed by atoms with Gasteiger partial charge in [-0.15, -0.1) is 0 Å². The molecule has 0 radical (unpaired) electrons. The molecule has 2 aromatic heterocycles. The molecular formula is C15H15BrN6O4. The van der Waals surface area contributed by atoms with Crippen LogP contribution in [0.15, 0.2) is 31.3 Å². The number of hydrogen-bond donors (Lipinski definition) is 3. The normalized spacial score (nSPS) is 11.4. The number of aryl methyl sites for hydroxylation is 2. The minimum absolute atomic E-state index is 0.00639. The molecule has 0 atom stereocenters. The van der Waals surface area contributed by atoms with E-state index in [4.69, 9.17) is 4.74 Å². The summed E-state index contributed by atoms with van der Waals surface area (Å²) in [6, 6.07) is 3.26. The summed E-state index contributed by atoms with van der Waals surface area (Å²) in [7, 11) is 4.59. The molecular weight excluding hydrogens is 408 g/mol. The lowest BCUT2D eigenvalue weighted by atomic mass is 10.2. The second-order valence-corrected chi connectivity index (χ2v) is 6.26. The third kappa shape index (κ3) is 2.96. The molecule has 3 N–H and O–H groups in total. The maximum atomic E-state index is 12.0. The van der Waals surface area contributed by atoms with E-state index >= 15 is 0 Å². The first-order valence-corrected chi connectivity index (χ1v) is 8.14. The van der Waals surface area contributed by atoms with Gasteiger partial charge in [0, 0.05) is 14.1 Å². The molecule has 0 unspecified atom stereocenters. The molecule has 0 aliphatic heterocycles. The number of nitrogens with zero attached hydrogens (tertiary/aromatic N) is 4. The SMILES string of the molecule is COc1cc(C=NNc2nc3c(c(=O)[nH]c(=O)n3C)n2C)cc(Br)c1O. The number of halogens is 1. The van der Waals surface area contributed by atoms with Gasteiger partial charge in [0.15, 0.2) is 22.7 Å². The Morgan fingerprint density at radius 1 is 1.35 bits per heavy atom. The van der Waals surface area contributed by atoms with Gasteiger partial charge in [-0.05, 0) is 33.6 Å². The average Bonchev–Trinajstić information content (AvgIpc) is 2.93. The summed E-state index contributed by atoms with van der Waals surface area (Å²) >= 11 is 3.23. The molecule has 2 heterocycles. The number of imidazole rings is 1. The van der Waals surface area contributed by atoms with Gasteiger partial charge < -0.3 is 14.4 Å². The summed E-state index contributed by atoms with van der Waals surface area (Å²) in [6.07, 6.45) is 1.50. The lowest BCUT2D eigenvalue weighted by Crippen LogP contribution is -2.29. The van der Waals surface area contributed by atoms with E-state index in [1.165, 1.54) is 29.5 Å². The first-order valence-electron chi connectivity index (χ1n) is 7.34. The predicted molar refractivity (Wildman–Crippen MR) is 100 cm³/mol. The van der Waals surface area contributed by atoms with Crippen molar-refractivity contribution in [2.24, 2.45) is 19.2 Å². The number of phenolic OH excluding ortho intramolecular Hbond substituents is 1. The maximum Gasteiger partial charge on any atom is 0.329 e. The Balaban J connectivity index is 1.95. The summed E-state index contributed by atoms with van der Waals surface area (Å²) in [5, 5.41) is 13.9. The van der Waals surface area contributed by atoms with Crippen LogP contribution >= 0.6 is 15.9 Å². The highest BCUT2D eigenvalue weighted by atomic mass is 79.9. The number of H-pyrrole nitrogens is 1. The number of fused-ring (bicyclic) bond motifs is 1. The Kier molecular flexibility index (Phi) is 4.55. The van der Waals surface area contributed by atoms with Crippen LogP contribution in [0.1, 0.15) is 5.56 Å². The highest BCUT2D eigenvalue weighted by Gasteiger charge is 2.14. The van der Waals surface area contributed by atoms with Crippen LogP contribution in [0, 0.1) is 0 Å². The van der Waals surface area contributed by atoms with Gasteiger partial charge in [-0.25, -0.2) is 10.2 Å². The zero-order chi connectivity index (χ0) is 19.0. The van der Waals surface area contributed by atoms with E-state index in [0.29, 0.717) is 15.8 Å². The number of ether oxygens (including phenoxy) is 1. The number of hydrazone groups is 1. The summed E-state index contributed by atoms with van der Waals surface area (Å²) in [5.41, 5.74) is 2.81. The van der Waals surface area contributed by atoms with Crippen molar-refractivity contribution in [1.82, 2.24) is 19.1 Å². The van der Waals surface area contributed by atoms with Crippen molar-refractivity contribution >= 4 is 39.3 Å². The number of anilines is 1. The maximum absolute atomic E-state index is 12.0. The van der Waals surface area contributed by atoms with Crippen molar-refractivity contribution in [2.45, 2.75) is 0 Å². The standard InChI is InChI=1S/C15H15BrN6O4/c1-21-10-12(22(2)15(25)19-13(10)24)18-14(21)20-17-6-7-4-8(16)11(23)9(5-7)26-3/h4-6,23H,1-3H3,(H,18,20)(H,19,24,25). The van der Waals surface area contributed by atoms with Crippen molar-refractivity contribution in [2.75, 3.05) is 12.5 Å². The van der Waals surface area contributed by atoms with Crippen molar-refractivity contribution in [3.63, 3.8) is 0 Å². The number of rotatable bonds is 4. The van der Waals surface area contributed by atoms with Crippen LogP contribution in [0.3, 0.4) is 0 Å². The van der Waals surface area contributed by atoms with Crippen LogP contribution < -0.4 is 21.4 Å². The Morgan fingerprint density at radius 2 is 2.08 bits per heavy atom. The van der Waals surface area contributed by atoms with E-state index < -0.39 is 11.2 Å². The third-order valence-corrected chi connectivity index (χ3v) is 4.39. The molecule has 3 rings (SSSR count). The summed E-state index contributed by atoms with van der Waals surface area (Å²) in [6.45, 7) is 0. The van der Waals surface area contributed by atoms with Crippen LogP contribution in [0.25, 0.3) is 11.2 Å². The highest BCUT2D eigenvalue weighted by Crippen LogP contribution is 2.34. The van der Waals surface area contributed by atoms with Crippen molar-refractivity contribution in [3.8, 4) is 11.5 Å². The Hall–Kier alpha value is -3.08. The Morgan fingerprint density at radius 3 is 2.77 bits per heavy atom. The number of benzene rings is 1. The number of hydrogen-bond acceptors (Lipinski definition) is 7. The summed E-state index contributed by atoms with van der Waals surface area (Å²) in [4.78, 5) is 30.1. The number of phenols is 1. The smallest absolute Gasteiger partial charge is 0.329 e. The molecule has 1 aromatic carbocycles. The lowest BCUT2D eigenvalue weighted by Gasteiger charge is -2.06. The molecule has 0 amide bonds. The van der Waals surface area contributed by atoms with Crippen LogP contribution in [-0.2, 0) is 14.1 Å². The van der Waals surface area contributed by atoms with E-state index in [0.717, 1.165) is 0 Å². The van der Waals surface area contributed by atoms with Gasteiger partial charge in [0.05, 0.1) is 17.8 Å². The van der Waals surface area contributed by atoms with E-state index in [-0.39, 0.29) is 22.9 Å². The molecule has 26 heavy (non-hydrogen) atoms. The van der Waals surface area contributed by atoms with E-state index in [9.17, 15) is 14.7 Å². The monoisotopic (exact) mass is 422 g/mol. The summed E-state index contributed by atoms with van der Waals surface area (Å²) < 4.78 is 8.28. The van der Waals surface area contributed by atoms with Gasteiger partial charge in [0.2, 0.25) is 5.95 Å². The molecule has 0 spiro atoms. The molecule has 0 saturated carbocycles. The Bertz CT molecular complexity index is 1140. The molecule has 0 bridgehead atoms. The summed E-state index contributed by atoms with van der Waals surface area (Å²) in [5.74, 6) is 0.575. The highest BCUT2D eigenvalue weighted by molar-refractivity contribution is 9.10. The Labute approximate surface area is 154 Å². The lowest BCUT2D eigenvalue weighted by molar-refractivity contribution is 0.372. The van der Waals surface area contributed by atoms with Crippen molar-refractivity contribution in [1.29, 1.82) is 0 Å². The zero-order valence-corrected chi connectivity index (χ0v) is 15.7. The molecule has 10 nitrogen and oxygen atoms in total. The number of aromatic hydroxyl groups is 1. The molecule has 0 aliphatic rings. The molecule has 0 aliphatic carbocycles. The largest absolute Gasteiger partial charge is 0.503 e. The first-order chi connectivity index (χ1) is 12.3. The minimum atomic E-state index is -0.545. The van der Waals surface area contributed by atoms with E-state index in [1.54, 1.807) is 19.2 Å². The van der Waals surface area contributed by atoms with E-state index in [1.807, 2.05) is 0 Å². The number of methoxy groups -OCH3 is 1. The van der Waals surface area contributed by atoms with Crippen LogP contribution in [-0.4, -0.2) is 37.5 Å². The van der Waals surface area contributed by atoms with Gasteiger partial charge in [-0.1, -0.05) is 0 Å². The number of nitrogens with one attached hydrogen (secondary N) is 2. The van der Waals surface area contributed by atoms with Crippen molar-refractivity contribution in [3.05, 3.63) is 43.0 Å². The molecule has 0 fully saturated rings. The first kappa shape index (κ1) is 17.7. The third-order valence-electron chi connectivity index (χ3n) is 3.78. The van der Waals surface area contributed by atoms with Crippen LogP contribution in [0.5, 0.6) is 11.5 Å². The fourth-order valence-electron chi connectivity index (χ4n) is 2.40. The van der Waals surface area contributed by atoms with Gasteiger partial charge >= 0.3 is 5.69 Å². The van der Waals surface area contributed by atoms with Gasteiger partial charge in [-0.3, -0.25) is 14.3 Å². The van der Waals surface area contributed by atoms with E-state index in [2.05, 4.69) is 36.4 Å². The zero-order valence-electron chi connectivity index (χ0n) is 14.1. The fourth-order valence-corrected chi connectivity index (χ4v) is 2.86. The predicted octanol–water partition coefficient (Wildman–Crippen LogP) is 0.883. The van der Waals surface area contributed by atoms with Crippen LogP contribution in [0.2, 0.25) is 0 Å².